The van der Waals surface area contributed by atoms with Crippen LogP contribution in [0.4, 0.5) is 0 Å². The van der Waals surface area contributed by atoms with E-state index in [0.717, 1.165) is 18.3 Å². The first kappa shape index (κ1) is 14.4. The molecule has 0 spiro atoms. The molecule has 4 bridgehead atoms. The van der Waals surface area contributed by atoms with Crippen molar-refractivity contribution in [1.29, 1.82) is 0 Å². The standard InChI is InChI=1S/C15H22BrNO3/c1-20-13(19)8-17-12(18)7-14-3-10-2-11(4-14)6-15(16,5-10)9-14/h10-11H,2-9H2,1H3,(H,17,18). The molecular weight excluding hydrogens is 322 g/mol. The van der Waals surface area contributed by atoms with Crippen molar-refractivity contribution in [3.8, 4) is 0 Å². The predicted molar refractivity (Wildman–Crippen MR) is 78.4 cm³/mol. The Kier molecular flexibility index (Phi) is 3.59. The Morgan fingerprint density at radius 3 is 2.45 bits per heavy atom. The van der Waals surface area contributed by atoms with Gasteiger partial charge < -0.3 is 10.1 Å². The highest BCUT2D eigenvalue weighted by atomic mass is 79.9. The van der Waals surface area contributed by atoms with Gasteiger partial charge >= 0.3 is 5.97 Å². The Hall–Kier alpha value is -0.580. The van der Waals surface area contributed by atoms with Gasteiger partial charge in [-0.3, -0.25) is 9.59 Å². The van der Waals surface area contributed by atoms with Crippen LogP contribution >= 0.6 is 15.9 Å². The van der Waals surface area contributed by atoms with E-state index in [0.29, 0.717) is 6.42 Å². The van der Waals surface area contributed by atoms with E-state index in [2.05, 4.69) is 26.0 Å². The van der Waals surface area contributed by atoms with Gasteiger partial charge in [-0.15, -0.1) is 0 Å². The molecule has 0 radical (unpaired) electrons. The molecule has 0 aliphatic heterocycles. The van der Waals surface area contributed by atoms with Crippen molar-refractivity contribution in [2.24, 2.45) is 17.3 Å². The zero-order valence-corrected chi connectivity index (χ0v) is 13.5. The summed E-state index contributed by atoms with van der Waals surface area (Å²) in [6.45, 7) is -0.0161. The molecule has 20 heavy (non-hydrogen) atoms. The van der Waals surface area contributed by atoms with Crippen LogP contribution in [-0.2, 0) is 14.3 Å². The van der Waals surface area contributed by atoms with Gasteiger partial charge in [0.2, 0.25) is 5.91 Å². The number of carbonyl (C=O) groups is 2. The second kappa shape index (κ2) is 5.00. The van der Waals surface area contributed by atoms with Gasteiger partial charge in [0.1, 0.15) is 6.54 Å². The van der Waals surface area contributed by atoms with E-state index in [-0.39, 0.29) is 28.2 Å². The molecule has 0 aromatic rings. The molecule has 0 saturated heterocycles. The lowest BCUT2D eigenvalue weighted by Gasteiger charge is -2.60. The summed E-state index contributed by atoms with van der Waals surface area (Å²) in [7, 11) is 1.34. The van der Waals surface area contributed by atoms with Crippen molar-refractivity contribution in [1.82, 2.24) is 5.32 Å². The number of halogens is 1. The summed E-state index contributed by atoms with van der Waals surface area (Å²) in [5.74, 6) is 1.17. The van der Waals surface area contributed by atoms with Crippen LogP contribution in [0.15, 0.2) is 0 Å². The molecule has 1 amide bonds. The number of methoxy groups -OCH3 is 1. The number of ether oxygens (including phenoxy) is 1. The first-order chi connectivity index (χ1) is 9.42. The maximum Gasteiger partial charge on any atom is 0.325 e. The molecule has 0 aromatic heterocycles. The summed E-state index contributed by atoms with van der Waals surface area (Å²) in [6.07, 6.45) is 7.93. The summed E-state index contributed by atoms with van der Waals surface area (Å²) in [6, 6.07) is 0. The highest BCUT2D eigenvalue weighted by molar-refractivity contribution is 9.10. The Balaban J connectivity index is 1.62. The summed E-state index contributed by atoms with van der Waals surface area (Å²) < 4.78 is 4.83. The topological polar surface area (TPSA) is 55.4 Å². The van der Waals surface area contributed by atoms with Crippen LogP contribution in [0.25, 0.3) is 0 Å². The molecule has 4 rings (SSSR count). The Morgan fingerprint density at radius 1 is 1.25 bits per heavy atom. The average Bonchev–Trinajstić information content (AvgIpc) is 2.32. The highest BCUT2D eigenvalue weighted by Gasteiger charge is 2.57. The number of hydrogen-bond acceptors (Lipinski definition) is 3. The zero-order chi connectivity index (χ0) is 14.4. The van der Waals surface area contributed by atoms with E-state index in [1.807, 2.05) is 0 Å². The zero-order valence-electron chi connectivity index (χ0n) is 11.9. The smallest absolute Gasteiger partial charge is 0.325 e. The van der Waals surface area contributed by atoms with Crippen molar-refractivity contribution in [3.63, 3.8) is 0 Å². The Labute approximate surface area is 128 Å². The third-order valence-corrected chi connectivity index (χ3v) is 6.23. The number of rotatable bonds is 4. The van der Waals surface area contributed by atoms with E-state index in [1.165, 1.54) is 39.2 Å². The summed E-state index contributed by atoms with van der Waals surface area (Å²) in [4.78, 5) is 23.2. The molecule has 4 nitrogen and oxygen atoms in total. The van der Waals surface area contributed by atoms with Gasteiger partial charge in [0.15, 0.2) is 0 Å². The number of nitrogens with one attached hydrogen (secondary N) is 1. The maximum absolute atomic E-state index is 12.1. The van der Waals surface area contributed by atoms with E-state index >= 15 is 0 Å². The van der Waals surface area contributed by atoms with Gasteiger partial charge in [0.05, 0.1) is 7.11 Å². The predicted octanol–water partition coefficient (Wildman–Crippen LogP) is 2.40. The van der Waals surface area contributed by atoms with Crippen LogP contribution in [0.5, 0.6) is 0 Å². The summed E-state index contributed by atoms with van der Waals surface area (Å²) in [5, 5.41) is 2.69. The minimum absolute atomic E-state index is 0.00606. The SMILES string of the molecule is COC(=O)CNC(=O)CC12CC3CC(CC(Br)(C3)C1)C2. The van der Waals surface area contributed by atoms with E-state index in [4.69, 9.17) is 0 Å². The lowest BCUT2D eigenvalue weighted by atomic mass is 9.48. The van der Waals surface area contributed by atoms with Gasteiger partial charge in [-0.25, -0.2) is 0 Å². The second-order valence-corrected chi connectivity index (χ2v) is 8.82. The second-order valence-electron chi connectivity index (χ2n) is 7.14. The molecule has 0 aromatic carbocycles. The van der Waals surface area contributed by atoms with Crippen LogP contribution in [0.2, 0.25) is 0 Å². The average molecular weight is 344 g/mol. The van der Waals surface area contributed by atoms with Gasteiger partial charge in [-0.1, -0.05) is 15.9 Å². The third-order valence-electron chi connectivity index (χ3n) is 5.30. The molecule has 2 unspecified atom stereocenters. The molecule has 4 aliphatic carbocycles. The highest BCUT2D eigenvalue weighted by Crippen LogP contribution is 2.65. The number of alkyl halides is 1. The van der Waals surface area contributed by atoms with Crippen molar-refractivity contribution in [3.05, 3.63) is 0 Å². The quantitative estimate of drug-likeness (QED) is 0.629. The van der Waals surface area contributed by atoms with Crippen molar-refractivity contribution in [2.75, 3.05) is 13.7 Å². The van der Waals surface area contributed by atoms with Gasteiger partial charge in [-0.2, -0.15) is 0 Å². The number of hydrogen-bond donors (Lipinski definition) is 1. The maximum atomic E-state index is 12.1. The molecule has 4 aliphatic rings. The van der Waals surface area contributed by atoms with Gasteiger partial charge in [0.25, 0.3) is 0 Å². The molecule has 5 heteroatoms. The Bertz CT molecular complexity index is 423. The van der Waals surface area contributed by atoms with E-state index < -0.39 is 0 Å². The fraction of sp³-hybridized carbons (Fsp3) is 0.867. The largest absolute Gasteiger partial charge is 0.468 e. The molecule has 1 N–H and O–H groups in total. The Morgan fingerprint density at radius 2 is 1.90 bits per heavy atom. The van der Waals surface area contributed by atoms with Crippen LogP contribution in [0.1, 0.15) is 44.9 Å². The first-order valence-corrected chi connectivity index (χ1v) is 8.24. The third kappa shape index (κ3) is 2.74. The van der Waals surface area contributed by atoms with Crippen LogP contribution in [0, 0.1) is 17.3 Å². The molecule has 4 fully saturated rings. The lowest BCUT2D eigenvalue weighted by molar-refractivity contribution is -0.142. The monoisotopic (exact) mass is 343 g/mol. The van der Waals surface area contributed by atoms with Crippen molar-refractivity contribution < 1.29 is 14.3 Å². The van der Waals surface area contributed by atoms with Gasteiger partial charge in [0, 0.05) is 10.7 Å². The fourth-order valence-corrected chi connectivity index (χ4v) is 6.70. The molecule has 112 valence electrons. The van der Waals surface area contributed by atoms with Crippen LogP contribution < -0.4 is 5.32 Å². The minimum Gasteiger partial charge on any atom is -0.468 e. The van der Waals surface area contributed by atoms with Crippen molar-refractivity contribution in [2.45, 2.75) is 49.3 Å². The molecule has 0 heterocycles. The molecule has 2 atom stereocenters. The van der Waals surface area contributed by atoms with Crippen molar-refractivity contribution >= 4 is 27.8 Å². The summed E-state index contributed by atoms with van der Waals surface area (Å²) >= 11 is 3.95. The summed E-state index contributed by atoms with van der Waals surface area (Å²) in [5.41, 5.74) is 0.161. The lowest BCUT2D eigenvalue weighted by Crippen LogP contribution is -2.54. The minimum atomic E-state index is -0.388. The molecular formula is C15H22BrNO3. The number of amides is 1. The number of carbonyl (C=O) groups excluding carboxylic acids is 2. The van der Waals surface area contributed by atoms with E-state index in [1.54, 1.807) is 0 Å². The number of esters is 1. The fourth-order valence-electron chi connectivity index (χ4n) is 5.19. The van der Waals surface area contributed by atoms with Crippen LogP contribution in [0.3, 0.4) is 0 Å². The van der Waals surface area contributed by atoms with E-state index in [9.17, 15) is 9.59 Å². The van der Waals surface area contributed by atoms with Gasteiger partial charge in [-0.05, 0) is 55.8 Å². The normalized spacial score (nSPS) is 41.5. The first-order valence-electron chi connectivity index (χ1n) is 7.44. The van der Waals surface area contributed by atoms with Crippen LogP contribution in [-0.4, -0.2) is 29.9 Å². The molecule has 4 saturated carbocycles.